The molecule has 0 spiro atoms. The Bertz CT molecular complexity index is 671. The van der Waals surface area contributed by atoms with Gasteiger partial charge in [-0.3, -0.25) is 24.4 Å². The van der Waals surface area contributed by atoms with E-state index in [-0.39, 0.29) is 89.2 Å². The summed E-state index contributed by atoms with van der Waals surface area (Å²) in [6, 6.07) is 0. The van der Waals surface area contributed by atoms with Crippen LogP contribution < -0.4 is 15.5 Å². The van der Waals surface area contributed by atoms with Crippen molar-refractivity contribution in [3.05, 3.63) is 0 Å². The number of aliphatic hydroxyl groups excluding tert-OH is 2. The molecule has 236 valence electrons. The molecule has 0 rings (SSSR count). The van der Waals surface area contributed by atoms with Gasteiger partial charge < -0.3 is 35.6 Å². The summed E-state index contributed by atoms with van der Waals surface area (Å²) in [4.78, 5) is 39.8. The standard InChI is InChI=1S/2C14H28N2O4.Ca/c2*1-2-3-4-5-6-8-13(18)15-12-16(9-7-10-17)11-14(19)20;/h2*17H,2-12H2,1H3,(H,15,18)(H,19,20);/q;;+2/p-2. The van der Waals surface area contributed by atoms with Gasteiger partial charge in [-0.2, -0.15) is 0 Å². The molecule has 0 saturated heterocycles. The van der Waals surface area contributed by atoms with E-state index >= 15 is 0 Å². The second-order valence-electron chi connectivity index (χ2n) is 9.80. The molecule has 0 heterocycles. The fourth-order valence-electron chi connectivity index (χ4n) is 3.69. The van der Waals surface area contributed by atoms with Gasteiger partial charge >= 0.3 is 43.7 Å². The fourth-order valence-corrected chi connectivity index (χ4v) is 3.69. The summed E-state index contributed by atoms with van der Waals surface area (Å²) in [5, 5.41) is 51.0. The molecule has 0 atom stereocenters. The molecule has 0 fully saturated rings. The van der Waals surface area contributed by atoms with E-state index in [1.165, 1.54) is 30.6 Å². The molecule has 0 aliphatic carbocycles. The first kappa shape index (κ1) is 44.4. The average molecular weight is 615 g/mol. The van der Waals surface area contributed by atoms with Crippen LogP contribution in [-0.4, -0.2) is 139 Å². The number of rotatable bonds is 26. The fraction of sp³-hybridized carbons (Fsp3) is 0.857. The van der Waals surface area contributed by atoms with Crippen molar-refractivity contribution in [2.75, 3.05) is 52.7 Å². The number of amides is 1. The minimum Gasteiger partial charge on any atom is -0.862 e. The van der Waals surface area contributed by atoms with Gasteiger partial charge in [-0.1, -0.05) is 65.2 Å². The van der Waals surface area contributed by atoms with Gasteiger partial charge in [0, 0.05) is 39.3 Å². The topological polar surface area (TPSA) is 189 Å². The maximum atomic E-state index is 11.6. The Kier molecular flexibility index (Phi) is 36.3. The molecule has 0 aromatic carbocycles. The summed E-state index contributed by atoms with van der Waals surface area (Å²) in [7, 11) is 0. The quantitative estimate of drug-likeness (QED) is 0.0347. The third kappa shape index (κ3) is 35.1. The zero-order valence-electron chi connectivity index (χ0n) is 25.5. The van der Waals surface area contributed by atoms with Gasteiger partial charge in [-0.05, 0) is 38.0 Å². The zero-order chi connectivity index (χ0) is 30.4. The summed E-state index contributed by atoms with van der Waals surface area (Å²) >= 11 is 0. The number of aliphatic carboxylic acids is 2. The molecule has 0 saturated carbocycles. The summed E-state index contributed by atoms with van der Waals surface area (Å²) in [6.45, 7) is 5.01. The molecule has 0 bridgehead atoms. The Morgan fingerprint density at radius 1 is 0.732 bits per heavy atom. The first-order valence-corrected chi connectivity index (χ1v) is 14.7. The summed E-state index contributed by atoms with van der Waals surface area (Å²) < 4.78 is 0. The van der Waals surface area contributed by atoms with Crippen molar-refractivity contribution in [1.29, 1.82) is 0 Å². The number of aliphatic imine (C=N–C) groups is 1. The van der Waals surface area contributed by atoms with Crippen LogP contribution in [0.5, 0.6) is 0 Å². The number of nitrogens with zero attached hydrogens (tertiary/aromatic N) is 3. The first-order chi connectivity index (χ1) is 19.2. The molecule has 0 aromatic heterocycles. The Labute approximate surface area is 276 Å². The van der Waals surface area contributed by atoms with Crippen LogP contribution in [0, 0.1) is 0 Å². The van der Waals surface area contributed by atoms with Crippen LogP contribution in [0.1, 0.15) is 104 Å². The Balaban J connectivity index is -0.000000688. The molecular weight excluding hydrogens is 560 g/mol. The SMILES string of the molecule is CCCCCCCC(=O)NCN(CCCO)CC(=O)O.CCCCCCCC([O-])=NCN(CCCO)CC(=O)[O-].[Ca+2]. The van der Waals surface area contributed by atoms with Crippen LogP contribution in [0.25, 0.3) is 0 Å². The molecule has 0 radical (unpaired) electrons. The van der Waals surface area contributed by atoms with Crippen LogP contribution in [0.15, 0.2) is 4.99 Å². The Morgan fingerprint density at radius 3 is 1.73 bits per heavy atom. The van der Waals surface area contributed by atoms with Crippen LogP contribution in [0.3, 0.4) is 0 Å². The second kappa shape index (κ2) is 33.5. The molecule has 0 aromatic rings. The molecule has 4 N–H and O–H groups in total. The number of carbonyl (C=O) groups excluding carboxylic acids is 2. The number of nitrogens with one attached hydrogen (secondary N) is 1. The number of carboxylic acids is 2. The number of carbonyl (C=O) groups is 3. The number of hydrogen-bond acceptors (Lipinski definition) is 10. The van der Waals surface area contributed by atoms with E-state index in [4.69, 9.17) is 15.3 Å². The summed E-state index contributed by atoms with van der Waals surface area (Å²) in [6.07, 6.45) is 12.7. The summed E-state index contributed by atoms with van der Waals surface area (Å²) in [5.74, 6) is -2.36. The average Bonchev–Trinajstić information content (AvgIpc) is 2.91. The van der Waals surface area contributed by atoms with Gasteiger partial charge in [0.2, 0.25) is 5.91 Å². The van der Waals surface area contributed by atoms with E-state index < -0.39 is 11.9 Å². The maximum Gasteiger partial charge on any atom is 2.00 e. The number of hydrogen-bond donors (Lipinski definition) is 4. The van der Waals surface area contributed by atoms with Crippen LogP contribution in [0.2, 0.25) is 0 Å². The van der Waals surface area contributed by atoms with E-state index in [0.717, 1.165) is 38.5 Å². The normalized spacial score (nSPS) is 11.1. The molecular formula is C28H54CaN4O8. The second-order valence-corrected chi connectivity index (χ2v) is 9.80. The van der Waals surface area contributed by atoms with E-state index in [0.29, 0.717) is 38.8 Å². The monoisotopic (exact) mass is 614 g/mol. The minimum absolute atomic E-state index is 0. The van der Waals surface area contributed by atoms with Gasteiger partial charge in [0.05, 0.1) is 25.9 Å². The maximum absolute atomic E-state index is 11.6. The minimum atomic E-state index is -1.20. The Morgan fingerprint density at radius 2 is 1.24 bits per heavy atom. The van der Waals surface area contributed by atoms with Crippen molar-refractivity contribution in [1.82, 2.24) is 15.1 Å². The number of aliphatic hydroxyl groups is 2. The first-order valence-electron chi connectivity index (χ1n) is 14.7. The van der Waals surface area contributed by atoms with Crippen molar-refractivity contribution in [3.63, 3.8) is 0 Å². The van der Waals surface area contributed by atoms with Gasteiger partial charge in [0.15, 0.2) is 0 Å². The van der Waals surface area contributed by atoms with Gasteiger partial charge in [-0.25, -0.2) is 0 Å². The van der Waals surface area contributed by atoms with E-state index in [9.17, 15) is 24.6 Å². The van der Waals surface area contributed by atoms with Gasteiger partial charge in [0.1, 0.15) is 0 Å². The van der Waals surface area contributed by atoms with Crippen LogP contribution >= 0.6 is 0 Å². The van der Waals surface area contributed by atoms with E-state index in [1.807, 2.05) is 0 Å². The van der Waals surface area contributed by atoms with E-state index in [2.05, 4.69) is 24.2 Å². The molecule has 0 aliphatic rings. The molecule has 12 nitrogen and oxygen atoms in total. The zero-order valence-corrected chi connectivity index (χ0v) is 27.7. The Hall–Kier alpha value is -1.02. The molecule has 13 heteroatoms. The molecule has 1 amide bonds. The molecule has 0 unspecified atom stereocenters. The molecule has 0 aliphatic heterocycles. The largest absolute Gasteiger partial charge is 2.00 e. The predicted octanol–water partition coefficient (Wildman–Crippen LogP) is 0.306. The van der Waals surface area contributed by atoms with E-state index in [1.54, 1.807) is 4.90 Å². The molecule has 41 heavy (non-hydrogen) atoms. The van der Waals surface area contributed by atoms with Crippen molar-refractivity contribution in [3.8, 4) is 0 Å². The smallest absolute Gasteiger partial charge is 0.862 e. The van der Waals surface area contributed by atoms with Gasteiger partial charge in [0.25, 0.3) is 0 Å². The van der Waals surface area contributed by atoms with Crippen LogP contribution in [0.4, 0.5) is 0 Å². The number of carboxylic acid groups (broad SMARTS) is 2. The third-order valence-corrected chi connectivity index (χ3v) is 5.92. The van der Waals surface area contributed by atoms with Crippen molar-refractivity contribution < 1.29 is 39.9 Å². The van der Waals surface area contributed by atoms with Crippen molar-refractivity contribution >= 4 is 61.5 Å². The van der Waals surface area contributed by atoms with Crippen molar-refractivity contribution in [2.24, 2.45) is 4.99 Å². The summed E-state index contributed by atoms with van der Waals surface area (Å²) in [5.41, 5.74) is 0. The van der Waals surface area contributed by atoms with Gasteiger partial charge in [-0.15, -0.1) is 0 Å². The predicted molar refractivity (Wildman–Crippen MR) is 157 cm³/mol. The van der Waals surface area contributed by atoms with Crippen LogP contribution in [-0.2, 0) is 14.4 Å². The third-order valence-electron chi connectivity index (χ3n) is 5.92. The number of unbranched alkanes of at least 4 members (excludes halogenated alkanes) is 8. The van der Waals surface area contributed by atoms with Crippen molar-refractivity contribution in [2.45, 2.75) is 104 Å².